The molecule has 4 aromatic rings. The Morgan fingerprint density at radius 3 is 2.40 bits per heavy atom. The number of carbonyl (C=O) groups is 2. The van der Waals surface area contributed by atoms with Crippen molar-refractivity contribution in [2.24, 2.45) is 0 Å². The third-order valence-electron chi connectivity index (χ3n) is 6.34. The molecule has 0 spiro atoms. The number of pyridine rings is 1. The number of rotatable bonds is 5. The number of aromatic nitrogens is 3. The van der Waals surface area contributed by atoms with Crippen molar-refractivity contribution in [2.45, 2.75) is 0 Å². The van der Waals surface area contributed by atoms with Gasteiger partial charge in [-0.25, -0.2) is 0 Å². The lowest BCUT2D eigenvalue weighted by Gasteiger charge is -2.35. The van der Waals surface area contributed by atoms with Crippen LogP contribution < -0.4 is 15.0 Å². The topological polar surface area (TPSA) is 121 Å². The lowest BCUT2D eigenvalue weighted by atomic mass is 10.1. The number of nitrogens with zero attached hydrogens (tertiary/aromatic N) is 5. The van der Waals surface area contributed by atoms with E-state index >= 15 is 0 Å². The fourth-order valence-electron chi connectivity index (χ4n) is 4.21. The highest BCUT2D eigenvalue weighted by Gasteiger charge is 2.24. The minimum absolute atomic E-state index is 0.0326. The molecule has 2 aromatic heterocycles. The zero-order valence-corrected chi connectivity index (χ0v) is 21.7. The third kappa shape index (κ3) is 6.16. The number of hydrogen-bond acceptors (Lipinski definition) is 8. The van der Waals surface area contributed by atoms with E-state index in [0.29, 0.717) is 60.1 Å². The van der Waals surface area contributed by atoms with E-state index in [1.807, 2.05) is 17.0 Å². The molecule has 10 heteroatoms. The summed E-state index contributed by atoms with van der Waals surface area (Å²) in [7, 11) is 1.58. The highest BCUT2D eigenvalue weighted by Crippen LogP contribution is 2.18. The van der Waals surface area contributed by atoms with Crippen LogP contribution in [0.3, 0.4) is 0 Å². The summed E-state index contributed by atoms with van der Waals surface area (Å²) in [5.41, 5.74) is 2.51. The summed E-state index contributed by atoms with van der Waals surface area (Å²) in [6, 6.07) is 19.1. The van der Waals surface area contributed by atoms with Gasteiger partial charge in [-0.2, -0.15) is 0 Å². The first kappa shape index (κ1) is 26.2. The Kier molecular flexibility index (Phi) is 7.83. The summed E-state index contributed by atoms with van der Waals surface area (Å²) in [6.07, 6.45) is 2.89. The Balaban J connectivity index is 1.19. The predicted molar refractivity (Wildman–Crippen MR) is 149 cm³/mol. The first-order valence-corrected chi connectivity index (χ1v) is 12.6. The van der Waals surface area contributed by atoms with Crippen LogP contribution >= 0.6 is 0 Å². The van der Waals surface area contributed by atoms with Gasteiger partial charge >= 0.3 is 0 Å². The molecule has 1 fully saturated rings. The molecule has 0 radical (unpaired) electrons. The van der Waals surface area contributed by atoms with Gasteiger partial charge < -0.3 is 25.0 Å². The van der Waals surface area contributed by atoms with E-state index in [0.717, 1.165) is 0 Å². The standard InChI is InChI=1S/C30H26N6O4/c1-40-25-10-8-23(9-11-25)32-29(38)27-12-13-28(34-33-27)35-14-16-36(17-15-35)30(39)26-5-3-2-4-22(26)7-6-21-18-24(37)20-31-19-21/h2-5,8-13,18-20,37H,14-17H2,1H3,(H,32,38). The highest BCUT2D eigenvalue weighted by molar-refractivity contribution is 6.02. The molecule has 0 unspecified atom stereocenters. The smallest absolute Gasteiger partial charge is 0.276 e. The van der Waals surface area contributed by atoms with Gasteiger partial charge in [0.1, 0.15) is 11.5 Å². The summed E-state index contributed by atoms with van der Waals surface area (Å²) in [4.78, 5) is 33.6. The van der Waals surface area contributed by atoms with Crippen LogP contribution in [0.5, 0.6) is 11.5 Å². The number of carbonyl (C=O) groups excluding carboxylic acids is 2. The number of anilines is 2. The molecule has 40 heavy (non-hydrogen) atoms. The van der Waals surface area contributed by atoms with Crippen LogP contribution in [-0.2, 0) is 0 Å². The van der Waals surface area contributed by atoms with E-state index in [9.17, 15) is 14.7 Å². The number of amides is 2. The summed E-state index contributed by atoms with van der Waals surface area (Å²) in [5, 5.41) is 20.7. The van der Waals surface area contributed by atoms with E-state index in [-0.39, 0.29) is 23.3 Å². The molecule has 10 nitrogen and oxygen atoms in total. The van der Waals surface area contributed by atoms with Crippen molar-refractivity contribution in [1.82, 2.24) is 20.1 Å². The van der Waals surface area contributed by atoms with Crippen LogP contribution in [0.15, 0.2) is 79.1 Å². The van der Waals surface area contributed by atoms with E-state index in [1.165, 1.54) is 12.3 Å². The maximum absolute atomic E-state index is 13.3. The molecule has 1 aliphatic rings. The van der Waals surface area contributed by atoms with E-state index in [4.69, 9.17) is 4.74 Å². The van der Waals surface area contributed by atoms with Crippen LogP contribution in [0.1, 0.15) is 32.0 Å². The number of methoxy groups -OCH3 is 1. The molecule has 3 heterocycles. The van der Waals surface area contributed by atoms with Crippen molar-refractivity contribution in [3.63, 3.8) is 0 Å². The van der Waals surface area contributed by atoms with Gasteiger partial charge in [-0.1, -0.05) is 24.0 Å². The Bertz CT molecular complexity index is 1570. The van der Waals surface area contributed by atoms with Crippen LogP contribution in [0.4, 0.5) is 11.5 Å². The van der Waals surface area contributed by atoms with Crippen LogP contribution in [0, 0.1) is 11.8 Å². The summed E-state index contributed by atoms with van der Waals surface area (Å²) in [5.74, 6) is 6.90. The first-order chi connectivity index (χ1) is 19.5. The minimum Gasteiger partial charge on any atom is -0.506 e. The fraction of sp³-hybridized carbons (Fsp3) is 0.167. The van der Waals surface area contributed by atoms with Gasteiger partial charge in [0.25, 0.3) is 11.8 Å². The lowest BCUT2D eigenvalue weighted by molar-refractivity contribution is 0.0746. The molecule has 1 saturated heterocycles. The second-order valence-corrected chi connectivity index (χ2v) is 8.97. The lowest BCUT2D eigenvalue weighted by Crippen LogP contribution is -2.49. The number of nitrogens with one attached hydrogen (secondary N) is 1. The molecular weight excluding hydrogens is 508 g/mol. The number of benzene rings is 2. The van der Waals surface area contributed by atoms with Crippen molar-refractivity contribution in [3.8, 4) is 23.3 Å². The first-order valence-electron chi connectivity index (χ1n) is 12.6. The largest absolute Gasteiger partial charge is 0.506 e. The molecule has 2 aromatic carbocycles. The van der Waals surface area contributed by atoms with Gasteiger partial charge in [-0.05, 0) is 54.6 Å². The minimum atomic E-state index is -0.360. The molecule has 0 saturated carbocycles. The molecule has 0 aliphatic carbocycles. The number of aromatic hydroxyl groups is 1. The molecule has 200 valence electrons. The summed E-state index contributed by atoms with van der Waals surface area (Å²) < 4.78 is 5.13. The van der Waals surface area contributed by atoms with Gasteiger partial charge in [-0.15, -0.1) is 10.2 Å². The second kappa shape index (κ2) is 12.0. The van der Waals surface area contributed by atoms with Crippen molar-refractivity contribution in [1.29, 1.82) is 0 Å². The highest BCUT2D eigenvalue weighted by atomic mass is 16.5. The quantitative estimate of drug-likeness (QED) is 0.375. The summed E-state index contributed by atoms with van der Waals surface area (Å²) in [6.45, 7) is 2.14. The van der Waals surface area contributed by atoms with Crippen molar-refractivity contribution in [2.75, 3.05) is 43.5 Å². The van der Waals surface area contributed by atoms with Gasteiger partial charge in [0.15, 0.2) is 11.5 Å². The van der Waals surface area contributed by atoms with Gasteiger partial charge in [-0.3, -0.25) is 14.6 Å². The average molecular weight is 535 g/mol. The average Bonchev–Trinajstić information content (AvgIpc) is 3.00. The molecular formula is C30H26N6O4. The van der Waals surface area contributed by atoms with Crippen molar-refractivity contribution < 1.29 is 19.4 Å². The van der Waals surface area contributed by atoms with Crippen molar-refractivity contribution >= 4 is 23.3 Å². The molecule has 2 N–H and O–H groups in total. The number of hydrogen-bond donors (Lipinski definition) is 2. The Hall–Kier alpha value is -5.43. The SMILES string of the molecule is COc1ccc(NC(=O)c2ccc(N3CCN(C(=O)c4ccccc4C#Cc4cncc(O)c4)CC3)nn2)cc1. The maximum atomic E-state index is 13.3. The van der Waals surface area contributed by atoms with E-state index < -0.39 is 0 Å². The second-order valence-electron chi connectivity index (χ2n) is 8.97. The molecule has 2 amide bonds. The normalized spacial score (nSPS) is 12.7. The Labute approximate surface area is 231 Å². The Morgan fingerprint density at radius 1 is 0.925 bits per heavy atom. The number of piperazine rings is 1. The molecule has 5 rings (SSSR count). The Morgan fingerprint density at radius 2 is 1.70 bits per heavy atom. The predicted octanol–water partition coefficient (Wildman–Crippen LogP) is 3.20. The van der Waals surface area contributed by atoms with Crippen LogP contribution in [0.25, 0.3) is 0 Å². The summed E-state index contributed by atoms with van der Waals surface area (Å²) >= 11 is 0. The van der Waals surface area contributed by atoms with Gasteiger partial charge in [0, 0.05) is 49.2 Å². The fourth-order valence-corrected chi connectivity index (χ4v) is 4.21. The molecule has 0 atom stereocenters. The zero-order valence-electron chi connectivity index (χ0n) is 21.7. The molecule has 0 bridgehead atoms. The van der Waals surface area contributed by atoms with E-state index in [2.05, 4.69) is 32.3 Å². The molecule has 1 aliphatic heterocycles. The van der Waals surface area contributed by atoms with E-state index in [1.54, 1.807) is 66.7 Å². The maximum Gasteiger partial charge on any atom is 0.276 e. The van der Waals surface area contributed by atoms with Crippen molar-refractivity contribution in [3.05, 3.63) is 102 Å². The van der Waals surface area contributed by atoms with Crippen LogP contribution in [0.2, 0.25) is 0 Å². The van der Waals surface area contributed by atoms with Gasteiger partial charge in [0.05, 0.1) is 18.9 Å². The zero-order chi connectivity index (χ0) is 27.9. The third-order valence-corrected chi connectivity index (χ3v) is 6.34. The van der Waals surface area contributed by atoms with Crippen LogP contribution in [-0.4, -0.2) is 70.3 Å². The van der Waals surface area contributed by atoms with Gasteiger partial charge in [0.2, 0.25) is 0 Å². The monoisotopic (exact) mass is 534 g/mol. The number of ether oxygens (including phenoxy) is 1.